The molecule has 9 nitrogen and oxygen atoms in total. The fourth-order valence-corrected chi connectivity index (χ4v) is 3.17. The minimum atomic E-state index is -0.641. The molecule has 4 aromatic rings. The Bertz CT molecular complexity index is 1380. The van der Waals surface area contributed by atoms with Gasteiger partial charge in [-0.15, -0.1) is 4.68 Å². The number of hydrogen-bond donors (Lipinski definition) is 2. The molecule has 1 aliphatic rings. The number of aromatic nitrogens is 3. The molecule has 0 saturated heterocycles. The second-order valence-corrected chi connectivity index (χ2v) is 6.19. The lowest BCUT2D eigenvalue weighted by Gasteiger charge is -2.00. The van der Waals surface area contributed by atoms with E-state index in [0.29, 0.717) is 39.2 Å². The molecule has 0 amide bonds. The minimum absolute atomic E-state index is 0.164. The molecule has 0 spiro atoms. The van der Waals surface area contributed by atoms with E-state index >= 15 is 0 Å². The molecule has 2 N–H and O–H groups in total. The van der Waals surface area contributed by atoms with Crippen molar-refractivity contribution in [3.05, 3.63) is 62.8 Å². The highest BCUT2D eigenvalue weighted by molar-refractivity contribution is 6.04. The van der Waals surface area contributed by atoms with Crippen molar-refractivity contribution >= 4 is 28.2 Å². The highest BCUT2D eigenvalue weighted by Crippen LogP contribution is 2.32. The lowest BCUT2D eigenvalue weighted by molar-refractivity contribution is 0.174. The largest absolute Gasteiger partial charge is 0.497 e. The number of rotatable bonds is 3. The van der Waals surface area contributed by atoms with Gasteiger partial charge in [-0.1, -0.05) is 0 Å². The Hall–Kier alpha value is -4.01. The number of methoxy groups -OCH3 is 1. The number of aromatic amines is 2. The first kappa shape index (κ1) is 16.2. The number of nitrogens with one attached hydrogen (secondary N) is 2. The van der Waals surface area contributed by atoms with E-state index in [9.17, 15) is 9.59 Å². The molecule has 2 aromatic heterocycles. The number of ether oxygens (including phenoxy) is 3. The van der Waals surface area contributed by atoms with Crippen LogP contribution in [-0.2, 0) is 0 Å². The zero-order valence-electron chi connectivity index (χ0n) is 14.7. The van der Waals surface area contributed by atoms with E-state index in [2.05, 4.69) is 15.1 Å². The highest BCUT2D eigenvalue weighted by atomic mass is 16.7. The number of nitrogens with zero attached hydrogens (tertiary/aromatic N) is 2. The molecular formula is C19H14N4O5. The van der Waals surface area contributed by atoms with Crippen molar-refractivity contribution in [3.8, 4) is 17.2 Å². The van der Waals surface area contributed by atoms with E-state index in [-0.39, 0.29) is 12.3 Å². The lowest BCUT2D eigenvalue weighted by Crippen LogP contribution is -2.32. The fraction of sp³-hybridized carbons (Fsp3) is 0.105. The zero-order chi connectivity index (χ0) is 19.3. The molecule has 0 aliphatic carbocycles. The van der Waals surface area contributed by atoms with Gasteiger partial charge in [0.2, 0.25) is 6.79 Å². The van der Waals surface area contributed by atoms with Crippen LogP contribution in [0, 0.1) is 0 Å². The summed E-state index contributed by atoms with van der Waals surface area (Å²) in [5, 5.41) is 4.74. The third-order valence-electron chi connectivity index (χ3n) is 4.56. The smallest absolute Gasteiger partial charge is 0.350 e. The number of benzene rings is 2. The second-order valence-electron chi connectivity index (χ2n) is 6.19. The Balaban J connectivity index is 1.63. The van der Waals surface area contributed by atoms with Crippen molar-refractivity contribution in [1.29, 1.82) is 0 Å². The predicted octanol–water partition coefficient (Wildman–Crippen LogP) is 1.79. The molecule has 0 radical (unpaired) electrons. The third kappa shape index (κ3) is 2.44. The van der Waals surface area contributed by atoms with E-state index in [4.69, 9.17) is 14.2 Å². The molecule has 2 aromatic carbocycles. The van der Waals surface area contributed by atoms with Gasteiger partial charge in [0.15, 0.2) is 11.5 Å². The topological polar surface area (TPSA) is 111 Å². The fourth-order valence-electron chi connectivity index (χ4n) is 3.17. The Labute approximate surface area is 156 Å². The van der Waals surface area contributed by atoms with Gasteiger partial charge in [0.25, 0.3) is 0 Å². The maximum atomic E-state index is 12.8. The number of H-pyrrole nitrogens is 2. The first-order chi connectivity index (χ1) is 13.6. The van der Waals surface area contributed by atoms with Crippen molar-refractivity contribution in [2.45, 2.75) is 0 Å². The summed E-state index contributed by atoms with van der Waals surface area (Å²) in [6.07, 6.45) is 1.41. The van der Waals surface area contributed by atoms with Gasteiger partial charge in [0, 0.05) is 10.9 Å². The van der Waals surface area contributed by atoms with Gasteiger partial charge < -0.3 is 24.2 Å². The molecule has 0 atom stereocenters. The summed E-state index contributed by atoms with van der Waals surface area (Å²) in [6, 6.07) is 10.5. The Kier molecular flexibility index (Phi) is 3.48. The van der Waals surface area contributed by atoms with E-state index < -0.39 is 11.2 Å². The van der Waals surface area contributed by atoms with Crippen LogP contribution in [0.5, 0.6) is 17.2 Å². The molecular weight excluding hydrogens is 364 g/mol. The van der Waals surface area contributed by atoms with E-state index in [0.717, 1.165) is 4.68 Å². The molecule has 0 unspecified atom stereocenters. The number of hydrogen-bond acceptors (Lipinski definition) is 6. The minimum Gasteiger partial charge on any atom is -0.497 e. The third-order valence-corrected chi connectivity index (χ3v) is 4.56. The summed E-state index contributed by atoms with van der Waals surface area (Å²) in [5.74, 6) is 1.85. The molecule has 0 saturated carbocycles. The molecule has 1 aliphatic heterocycles. The molecule has 140 valence electrons. The van der Waals surface area contributed by atoms with E-state index in [1.54, 1.807) is 43.5 Å². The van der Waals surface area contributed by atoms with Crippen LogP contribution in [0.15, 0.2) is 51.1 Å². The zero-order valence-corrected chi connectivity index (χ0v) is 14.7. The van der Waals surface area contributed by atoms with E-state index in [1.807, 2.05) is 0 Å². The van der Waals surface area contributed by atoms with Crippen LogP contribution in [0.4, 0.5) is 0 Å². The first-order valence-electron chi connectivity index (χ1n) is 8.43. The summed E-state index contributed by atoms with van der Waals surface area (Å²) < 4.78 is 16.6. The summed E-state index contributed by atoms with van der Waals surface area (Å²) in [5.41, 5.74) is 0.853. The molecule has 3 heterocycles. The maximum absolute atomic E-state index is 12.8. The van der Waals surface area contributed by atoms with Gasteiger partial charge in [-0.2, -0.15) is 5.10 Å². The molecule has 0 fully saturated rings. The van der Waals surface area contributed by atoms with Crippen LogP contribution < -0.4 is 25.5 Å². The Morgan fingerprint density at radius 3 is 2.79 bits per heavy atom. The summed E-state index contributed by atoms with van der Waals surface area (Å²) in [4.78, 5) is 31.0. The van der Waals surface area contributed by atoms with Crippen LogP contribution >= 0.6 is 0 Å². The van der Waals surface area contributed by atoms with Crippen molar-refractivity contribution in [2.24, 2.45) is 5.10 Å². The van der Waals surface area contributed by atoms with Crippen LogP contribution in [0.1, 0.15) is 5.56 Å². The van der Waals surface area contributed by atoms with Gasteiger partial charge in [-0.3, -0.25) is 4.79 Å². The quantitative estimate of drug-likeness (QED) is 0.528. The van der Waals surface area contributed by atoms with Gasteiger partial charge >= 0.3 is 11.2 Å². The lowest BCUT2D eigenvalue weighted by atomic mass is 10.2. The maximum Gasteiger partial charge on any atom is 0.350 e. The number of fused-ring (bicyclic) bond motifs is 4. The van der Waals surface area contributed by atoms with Crippen molar-refractivity contribution in [2.75, 3.05) is 13.9 Å². The summed E-state index contributed by atoms with van der Waals surface area (Å²) in [6.45, 7) is 0.164. The molecule has 28 heavy (non-hydrogen) atoms. The van der Waals surface area contributed by atoms with Gasteiger partial charge in [0.05, 0.1) is 18.8 Å². The summed E-state index contributed by atoms with van der Waals surface area (Å²) in [7, 11) is 1.55. The van der Waals surface area contributed by atoms with Gasteiger partial charge in [0.1, 0.15) is 11.3 Å². The molecule has 0 bridgehead atoms. The predicted molar refractivity (Wildman–Crippen MR) is 103 cm³/mol. The van der Waals surface area contributed by atoms with Crippen LogP contribution in [0.2, 0.25) is 0 Å². The average Bonchev–Trinajstić information content (AvgIpc) is 3.31. The van der Waals surface area contributed by atoms with Crippen LogP contribution in [0.3, 0.4) is 0 Å². The average molecular weight is 378 g/mol. The van der Waals surface area contributed by atoms with Gasteiger partial charge in [-0.05, 0) is 42.0 Å². The van der Waals surface area contributed by atoms with Crippen molar-refractivity contribution < 1.29 is 14.2 Å². The van der Waals surface area contributed by atoms with Crippen molar-refractivity contribution in [1.82, 2.24) is 14.6 Å². The molecule has 9 heteroatoms. The van der Waals surface area contributed by atoms with Crippen molar-refractivity contribution in [3.63, 3.8) is 0 Å². The van der Waals surface area contributed by atoms with Crippen LogP contribution in [-0.4, -0.2) is 34.8 Å². The van der Waals surface area contributed by atoms with E-state index in [1.165, 1.54) is 6.21 Å². The summed E-state index contributed by atoms with van der Waals surface area (Å²) >= 11 is 0. The second kappa shape index (κ2) is 6.02. The normalized spacial score (nSPS) is 13.0. The van der Waals surface area contributed by atoms with Gasteiger partial charge in [-0.25, -0.2) is 4.79 Å². The Morgan fingerprint density at radius 2 is 1.93 bits per heavy atom. The monoisotopic (exact) mass is 378 g/mol. The standard InChI is InChI=1S/C19H14N4O5/c1-26-11-3-4-13-12(7-11)16-17(21-13)18(24)23(19(25)22-16)20-8-10-2-5-14-15(6-10)28-9-27-14/h2-8,21H,9H2,1H3,(H,22,25)/b20-8+. The Morgan fingerprint density at radius 1 is 1.07 bits per heavy atom. The highest BCUT2D eigenvalue weighted by Gasteiger charge is 2.14. The first-order valence-corrected chi connectivity index (χ1v) is 8.43. The SMILES string of the molecule is COc1ccc2[nH]c3c(=O)n(/N=C/c4ccc5c(c4)OCO5)c(=O)[nH]c3c2c1. The van der Waals surface area contributed by atoms with Crippen LogP contribution in [0.25, 0.3) is 21.9 Å². The molecule has 5 rings (SSSR count).